The number of thiazole rings is 1. The standard InChI is InChI=1S/C27H30N5O2S4/c1-5-8-16-31-24(34)21(38-27(31)35)25-30(7-3)23(33)19(36-25)14-15-20-29(6-2)22-26(37-20)32(17-28(22)4)18-12-10-9-11-13-18/h9-15,17H,5-8,16H2,1-4H3/q+1/b19-14+,20-15-,25-21+. The number of aromatic nitrogens is 3. The van der Waals surface area contributed by atoms with E-state index >= 15 is 0 Å². The summed E-state index contributed by atoms with van der Waals surface area (Å²) in [6, 6.07) is 10.3. The Balaban J connectivity index is 1.55. The molecule has 2 aliphatic rings. The van der Waals surface area contributed by atoms with Gasteiger partial charge < -0.3 is 0 Å². The number of benzene rings is 1. The summed E-state index contributed by atoms with van der Waals surface area (Å²) in [4.78, 5) is 31.0. The number of imidazole rings is 1. The summed E-state index contributed by atoms with van der Waals surface area (Å²) in [7, 11) is 2.06. The molecule has 1 amide bonds. The third-order valence-electron chi connectivity index (χ3n) is 6.49. The molecule has 0 bridgehead atoms. The van der Waals surface area contributed by atoms with Crippen molar-refractivity contribution in [1.82, 2.24) is 14.0 Å². The number of anilines is 1. The summed E-state index contributed by atoms with van der Waals surface area (Å²) >= 11 is 9.86. The van der Waals surface area contributed by atoms with Crippen molar-refractivity contribution in [1.29, 1.82) is 0 Å². The van der Waals surface area contributed by atoms with Crippen LogP contribution >= 0.6 is 47.1 Å². The van der Waals surface area contributed by atoms with Crippen LogP contribution in [0.3, 0.4) is 0 Å². The number of aryl methyl sites for hydroxylation is 1. The number of rotatable bonds is 7. The molecule has 1 saturated heterocycles. The lowest BCUT2D eigenvalue weighted by Gasteiger charge is -2.12. The second-order valence-corrected chi connectivity index (χ2v) is 12.6. The fourth-order valence-electron chi connectivity index (χ4n) is 4.57. The molecule has 4 heterocycles. The number of para-hydroxylation sites is 1. The molecule has 0 atom stereocenters. The van der Waals surface area contributed by atoms with Gasteiger partial charge in [-0.3, -0.25) is 24.0 Å². The molecule has 0 saturated carbocycles. The van der Waals surface area contributed by atoms with E-state index in [-0.39, 0.29) is 11.5 Å². The first kappa shape index (κ1) is 27.0. The number of amides is 1. The number of allylic oxidation sites excluding steroid dienone is 1. The van der Waals surface area contributed by atoms with Crippen molar-refractivity contribution in [3.05, 3.63) is 67.3 Å². The molecule has 2 aliphatic heterocycles. The van der Waals surface area contributed by atoms with Gasteiger partial charge in [0.05, 0.1) is 18.1 Å². The highest BCUT2D eigenvalue weighted by molar-refractivity contribution is 8.30. The molecule has 11 heteroatoms. The van der Waals surface area contributed by atoms with E-state index in [2.05, 4.69) is 53.4 Å². The zero-order chi connectivity index (χ0) is 27.0. The van der Waals surface area contributed by atoms with E-state index in [0.29, 0.717) is 31.5 Å². The van der Waals surface area contributed by atoms with Gasteiger partial charge in [-0.1, -0.05) is 55.5 Å². The molecule has 2 aromatic heterocycles. The Bertz CT molecular complexity index is 1620. The highest BCUT2D eigenvalue weighted by Gasteiger charge is 2.38. The fraction of sp³-hybridized carbons (Fsp3) is 0.333. The van der Waals surface area contributed by atoms with Crippen molar-refractivity contribution in [3.63, 3.8) is 0 Å². The van der Waals surface area contributed by atoms with Crippen molar-refractivity contribution in [2.45, 2.75) is 45.2 Å². The minimum absolute atomic E-state index is 0.0777. The number of thiocarbonyl (C=S) groups is 1. The van der Waals surface area contributed by atoms with E-state index in [1.54, 1.807) is 21.2 Å². The maximum absolute atomic E-state index is 13.3. The van der Waals surface area contributed by atoms with Crippen LogP contribution in [0.5, 0.6) is 0 Å². The molecule has 7 nitrogen and oxygen atoms in total. The van der Waals surface area contributed by atoms with Crippen molar-refractivity contribution in [2.75, 3.05) is 18.0 Å². The third kappa shape index (κ3) is 4.70. The van der Waals surface area contributed by atoms with Crippen molar-refractivity contribution in [2.24, 2.45) is 7.05 Å². The second kappa shape index (κ2) is 11.3. The summed E-state index contributed by atoms with van der Waals surface area (Å²) in [6.07, 6.45) is 7.90. The molecule has 1 fully saturated rings. The van der Waals surface area contributed by atoms with E-state index in [9.17, 15) is 9.59 Å². The quantitative estimate of drug-likeness (QED) is 0.313. The van der Waals surface area contributed by atoms with Gasteiger partial charge in [0.1, 0.15) is 24.6 Å². The van der Waals surface area contributed by atoms with E-state index < -0.39 is 0 Å². The predicted molar refractivity (Wildman–Crippen MR) is 162 cm³/mol. The number of fused-ring (bicyclic) bond motifs is 1. The highest BCUT2D eigenvalue weighted by atomic mass is 32.2. The zero-order valence-corrected chi connectivity index (χ0v) is 25.1. The lowest BCUT2D eigenvalue weighted by atomic mass is 10.3. The minimum Gasteiger partial charge on any atom is -0.298 e. The van der Waals surface area contributed by atoms with Gasteiger partial charge in [0.2, 0.25) is 5.03 Å². The number of hydrogen-bond acceptors (Lipinski definition) is 7. The number of hydrogen-bond donors (Lipinski definition) is 0. The summed E-state index contributed by atoms with van der Waals surface area (Å²) in [5.41, 5.74) is 1.03. The Morgan fingerprint density at radius 1 is 1.00 bits per heavy atom. The Hall–Kier alpha value is -2.60. The van der Waals surface area contributed by atoms with Crippen LogP contribution in [0.15, 0.2) is 57.6 Å². The molecule has 0 N–H and O–H groups in total. The molecule has 1 aromatic carbocycles. The number of unbranched alkanes of at least 4 members (excludes halogenated alkanes) is 1. The average Bonchev–Trinajstić information content (AvgIpc) is 3.62. The predicted octanol–water partition coefficient (Wildman–Crippen LogP) is 3.57. The first-order valence-electron chi connectivity index (χ1n) is 12.7. The van der Waals surface area contributed by atoms with Crippen LogP contribution in [-0.2, 0) is 18.4 Å². The highest BCUT2D eigenvalue weighted by Crippen LogP contribution is 2.45. The van der Waals surface area contributed by atoms with E-state index in [1.807, 2.05) is 37.3 Å². The molecular weight excluding hydrogens is 555 g/mol. The number of carbonyl (C=O) groups is 1. The molecule has 5 rings (SSSR count). The summed E-state index contributed by atoms with van der Waals surface area (Å²) in [5.74, 6) is 1.04. The Morgan fingerprint density at radius 3 is 2.45 bits per heavy atom. The smallest absolute Gasteiger partial charge is 0.276 e. The van der Waals surface area contributed by atoms with E-state index in [0.717, 1.165) is 40.9 Å². The number of thioether (sulfide) groups is 2. The molecule has 0 spiro atoms. The minimum atomic E-state index is -0.0915. The Kier molecular flexibility index (Phi) is 7.99. The van der Waals surface area contributed by atoms with Gasteiger partial charge in [-0.15, -0.1) is 11.3 Å². The maximum Gasteiger partial charge on any atom is 0.276 e. The van der Waals surface area contributed by atoms with Crippen LogP contribution in [-0.4, -0.2) is 37.4 Å². The van der Waals surface area contributed by atoms with E-state index in [4.69, 9.17) is 12.2 Å². The van der Waals surface area contributed by atoms with Crippen LogP contribution in [0, 0.1) is 0 Å². The van der Waals surface area contributed by atoms with Gasteiger partial charge in [-0.2, -0.15) is 0 Å². The SMILES string of the molecule is CCCCN1C(=O)/C(=c2\s/c(=C/C=C3\Sc4c([n+](C)cn4-c4ccccc4)N3CC)c(=O)n2CC)SC1=S. The van der Waals surface area contributed by atoms with Gasteiger partial charge in [0.15, 0.2) is 6.33 Å². The molecule has 198 valence electrons. The topological polar surface area (TPSA) is 54.4 Å². The molecule has 0 aliphatic carbocycles. The van der Waals surface area contributed by atoms with Crippen LogP contribution in [0.2, 0.25) is 0 Å². The normalized spacial score (nSPS) is 18.4. The fourth-order valence-corrected chi connectivity index (χ4v) is 8.40. The van der Waals surface area contributed by atoms with Crippen LogP contribution < -0.4 is 24.2 Å². The molecule has 38 heavy (non-hydrogen) atoms. The van der Waals surface area contributed by atoms with Gasteiger partial charge >= 0.3 is 0 Å². The van der Waals surface area contributed by atoms with Crippen LogP contribution in [0.25, 0.3) is 16.7 Å². The number of nitrogens with zero attached hydrogens (tertiary/aromatic N) is 5. The van der Waals surface area contributed by atoms with Gasteiger partial charge in [-0.25, -0.2) is 9.13 Å². The molecule has 0 radical (unpaired) electrons. The second-order valence-electron chi connectivity index (χ2n) is 8.91. The van der Waals surface area contributed by atoms with Crippen molar-refractivity contribution in [3.8, 4) is 5.69 Å². The van der Waals surface area contributed by atoms with Gasteiger partial charge in [-0.05, 0) is 56.3 Å². The first-order valence-corrected chi connectivity index (χ1v) is 15.6. The Morgan fingerprint density at radius 2 is 1.76 bits per heavy atom. The lowest BCUT2D eigenvalue weighted by molar-refractivity contribution is -0.658. The van der Waals surface area contributed by atoms with Gasteiger partial charge in [0.25, 0.3) is 17.3 Å². The monoisotopic (exact) mass is 584 g/mol. The molecular formula is C27H30N5O2S4+. The summed E-state index contributed by atoms with van der Waals surface area (Å²) in [5, 5.41) is 2.20. The first-order chi connectivity index (χ1) is 18.4. The lowest BCUT2D eigenvalue weighted by Crippen LogP contribution is -2.34. The average molecular weight is 585 g/mol. The molecule has 0 unspecified atom stereocenters. The number of carbonyl (C=O) groups excluding carboxylic acids is 1. The summed E-state index contributed by atoms with van der Waals surface area (Å²) < 4.78 is 7.90. The zero-order valence-electron chi connectivity index (χ0n) is 21.8. The van der Waals surface area contributed by atoms with Crippen LogP contribution in [0.1, 0.15) is 33.6 Å². The van der Waals surface area contributed by atoms with Crippen LogP contribution in [0.4, 0.5) is 5.82 Å². The maximum atomic E-state index is 13.3. The Labute approximate surface area is 239 Å². The van der Waals surface area contributed by atoms with Gasteiger partial charge in [0, 0.05) is 13.1 Å². The van der Waals surface area contributed by atoms with Crippen molar-refractivity contribution >= 4 is 74.1 Å². The van der Waals surface area contributed by atoms with E-state index in [1.165, 1.54) is 23.1 Å². The summed E-state index contributed by atoms with van der Waals surface area (Å²) in [6.45, 7) is 8.06. The van der Waals surface area contributed by atoms with Crippen molar-refractivity contribution < 1.29 is 9.36 Å². The largest absolute Gasteiger partial charge is 0.298 e. The molecule has 3 aromatic rings. The third-order valence-corrected chi connectivity index (χ3v) is 10.3.